The molecule has 11 heteroatoms. The van der Waals surface area contributed by atoms with Gasteiger partial charge in [0, 0.05) is 49.9 Å². The lowest BCUT2D eigenvalue weighted by Crippen LogP contribution is -2.51. The largest absolute Gasteiger partial charge is 0.488 e. The molecule has 3 aromatic rings. The number of carbonyl (C=O) groups is 1. The van der Waals surface area contributed by atoms with Crippen molar-refractivity contribution in [3.8, 4) is 11.5 Å². The Kier molecular flexibility index (Phi) is 8.17. The van der Waals surface area contributed by atoms with Crippen molar-refractivity contribution in [1.82, 2.24) is 19.8 Å². The molecule has 3 heterocycles. The van der Waals surface area contributed by atoms with Gasteiger partial charge in [0.15, 0.2) is 11.5 Å². The van der Waals surface area contributed by atoms with Gasteiger partial charge in [-0.1, -0.05) is 11.6 Å². The van der Waals surface area contributed by atoms with Crippen LogP contribution < -0.4 is 14.8 Å². The van der Waals surface area contributed by atoms with Gasteiger partial charge in [-0.3, -0.25) is 14.6 Å². The molecule has 0 bridgehead atoms. The molecule has 2 aliphatic heterocycles. The van der Waals surface area contributed by atoms with Crippen molar-refractivity contribution >= 4 is 40.0 Å². The standard InChI is InChI=1S/C29H33ClFN5O4/c30-23-13-19(5-6-24(23)31)34-29-22-15-27(40-21-3-1-2-4-21)26(16-25(22)32-18-33-29)38-12-11-35-7-9-36(10-8-35)20-14-28(37)39-17-20/h5-6,13,15-16,18,20-21H,1-4,7-12,14,17H2,(H,32,33,34). The summed E-state index contributed by atoms with van der Waals surface area (Å²) in [5, 5.41) is 4.04. The monoisotopic (exact) mass is 569 g/mol. The van der Waals surface area contributed by atoms with Crippen LogP contribution in [0.25, 0.3) is 10.9 Å². The summed E-state index contributed by atoms with van der Waals surface area (Å²) in [5.41, 5.74) is 1.33. The highest BCUT2D eigenvalue weighted by Gasteiger charge is 2.31. The van der Waals surface area contributed by atoms with Crippen molar-refractivity contribution in [3.05, 3.63) is 47.5 Å². The van der Waals surface area contributed by atoms with E-state index in [1.54, 1.807) is 6.07 Å². The van der Waals surface area contributed by atoms with E-state index in [1.165, 1.54) is 18.5 Å². The summed E-state index contributed by atoms with van der Waals surface area (Å²) >= 11 is 5.98. The zero-order chi connectivity index (χ0) is 27.5. The lowest BCUT2D eigenvalue weighted by atomic mass is 10.2. The van der Waals surface area contributed by atoms with Crippen LogP contribution in [0, 0.1) is 5.82 Å². The van der Waals surface area contributed by atoms with Gasteiger partial charge in [-0.15, -0.1) is 0 Å². The van der Waals surface area contributed by atoms with Crippen molar-refractivity contribution in [2.75, 3.05) is 51.3 Å². The molecular formula is C29H33ClFN5O4. The topological polar surface area (TPSA) is 89.1 Å². The van der Waals surface area contributed by atoms with Gasteiger partial charge in [0.2, 0.25) is 0 Å². The number of halogens is 2. The fourth-order valence-corrected chi connectivity index (χ4v) is 5.82. The molecule has 0 spiro atoms. The number of rotatable bonds is 9. The number of nitrogens with one attached hydrogen (secondary N) is 1. The number of fused-ring (bicyclic) bond motifs is 1. The molecule has 2 saturated heterocycles. The summed E-state index contributed by atoms with van der Waals surface area (Å²) in [4.78, 5) is 25.1. The van der Waals surface area contributed by atoms with Gasteiger partial charge in [0.25, 0.3) is 0 Å². The number of hydrogen-bond donors (Lipinski definition) is 1. The van der Waals surface area contributed by atoms with Crippen LogP contribution in [0.15, 0.2) is 36.7 Å². The Balaban J connectivity index is 1.15. The van der Waals surface area contributed by atoms with Crippen LogP contribution in [0.4, 0.5) is 15.9 Å². The van der Waals surface area contributed by atoms with E-state index in [0.717, 1.165) is 63.8 Å². The normalized spacial score (nSPS) is 20.6. The van der Waals surface area contributed by atoms with Gasteiger partial charge < -0.3 is 19.5 Å². The highest BCUT2D eigenvalue weighted by atomic mass is 35.5. The van der Waals surface area contributed by atoms with E-state index in [0.29, 0.717) is 48.2 Å². The van der Waals surface area contributed by atoms with Gasteiger partial charge >= 0.3 is 5.97 Å². The predicted molar refractivity (Wildman–Crippen MR) is 150 cm³/mol. The Morgan fingerprint density at radius 3 is 2.65 bits per heavy atom. The van der Waals surface area contributed by atoms with Crippen LogP contribution in [0.5, 0.6) is 11.5 Å². The fourth-order valence-electron chi connectivity index (χ4n) is 5.64. The number of piperazine rings is 1. The zero-order valence-electron chi connectivity index (χ0n) is 22.3. The van der Waals surface area contributed by atoms with Crippen molar-refractivity contribution in [3.63, 3.8) is 0 Å². The molecule has 1 unspecified atom stereocenters. The molecule has 212 valence electrons. The first-order chi connectivity index (χ1) is 19.5. The Morgan fingerprint density at radius 2 is 1.90 bits per heavy atom. The van der Waals surface area contributed by atoms with Crippen LogP contribution in [0.1, 0.15) is 32.1 Å². The minimum atomic E-state index is -0.476. The number of benzene rings is 2. The number of carbonyl (C=O) groups excluding carboxylic acids is 1. The summed E-state index contributed by atoms with van der Waals surface area (Å²) in [5.74, 6) is 1.33. The van der Waals surface area contributed by atoms with Gasteiger partial charge in [-0.05, 0) is 49.9 Å². The van der Waals surface area contributed by atoms with E-state index in [-0.39, 0.29) is 23.1 Å². The minimum absolute atomic E-state index is 0.0355. The fraction of sp³-hybridized carbons (Fsp3) is 0.483. The highest BCUT2D eigenvalue weighted by Crippen LogP contribution is 2.37. The summed E-state index contributed by atoms with van der Waals surface area (Å²) < 4.78 is 31.5. The second kappa shape index (κ2) is 12.1. The lowest BCUT2D eigenvalue weighted by molar-refractivity contribution is -0.137. The van der Waals surface area contributed by atoms with Gasteiger partial charge in [-0.25, -0.2) is 14.4 Å². The molecular weight excluding hydrogens is 537 g/mol. The number of cyclic esters (lactones) is 1. The van der Waals surface area contributed by atoms with Crippen LogP contribution in [0.2, 0.25) is 5.02 Å². The summed E-state index contributed by atoms with van der Waals surface area (Å²) in [6.45, 7) is 5.49. The third kappa shape index (κ3) is 6.24. The second-order valence-electron chi connectivity index (χ2n) is 10.6. The molecule has 9 nitrogen and oxygen atoms in total. The molecule has 1 aliphatic carbocycles. The number of esters is 1. The molecule has 40 heavy (non-hydrogen) atoms. The first-order valence-corrected chi connectivity index (χ1v) is 14.3. The maximum absolute atomic E-state index is 13.7. The second-order valence-corrected chi connectivity index (χ2v) is 11.0. The highest BCUT2D eigenvalue weighted by molar-refractivity contribution is 6.31. The van der Waals surface area contributed by atoms with E-state index >= 15 is 0 Å². The molecule has 0 amide bonds. The first-order valence-electron chi connectivity index (χ1n) is 13.9. The van der Waals surface area contributed by atoms with Gasteiger partial charge in [0.1, 0.15) is 31.2 Å². The molecule has 1 aromatic heterocycles. The van der Waals surface area contributed by atoms with Crippen LogP contribution in [-0.2, 0) is 9.53 Å². The summed E-state index contributed by atoms with van der Waals surface area (Å²) in [7, 11) is 0. The average molecular weight is 570 g/mol. The van der Waals surface area contributed by atoms with Crippen molar-refractivity contribution in [2.24, 2.45) is 0 Å². The molecule has 1 N–H and O–H groups in total. The van der Waals surface area contributed by atoms with Crippen molar-refractivity contribution in [2.45, 2.75) is 44.2 Å². The maximum atomic E-state index is 13.7. The molecule has 3 aliphatic rings. The van der Waals surface area contributed by atoms with Crippen LogP contribution >= 0.6 is 11.6 Å². The quantitative estimate of drug-likeness (QED) is 0.365. The minimum Gasteiger partial charge on any atom is -0.488 e. The first kappa shape index (κ1) is 27.0. The molecule has 0 radical (unpaired) electrons. The number of anilines is 2. The lowest BCUT2D eigenvalue weighted by Gasteiger charge is -2.36. The SMILES string of the molecule is O=C1CC(N2CCN(CCOc3cc4ncnc(Nc5ccc(F)c(Cl)c5)c4cc3OC3CCCC3)CC2)CO1. The predicted octanol–water partition coefficient (Wildman–Crippen LogP) is 4.80. The van der Waals surface area contributed by atoms with Gasteiger partial charge in [-0.2, -0.15) is 0 Å². The van der Waals surface area contributed by atoms with Gasteiger partial charge in [0.05, 0.1) is 29.1 Å². The molecule has 1 saturated carbocycles. The number of aromatic nitrogens is 2. The Labute approximate surface area is 237 Å². The van der Waals surface area contributed by atoms with Crippen LogP contribution in [0.3, 0.4) is 0 Å². The van der Waals surface area contributed by atoms with E-state index in [9.17, 15) is 9.18 Å². The van der Waals surface area contributed by atoms with E-state index < -0.39 is 5.82 Å². The van der Waals surface area contributed by atoms with Crippen molar-refractivity contribution < 1.29 is 23.4 Å². The van der Waals surface area contributed by atoms with E-state index in [1.807, 2.05) is 12.1 Å². The third-order valence-electron chi connectivity index (χ3n) is 7.91. The summed E-state index contributed by atoms with van der Waals surface area (Å²) in [6, 6.07) is 8.50. The number of nitrogens with zero attached hydrogens (tertiary/aromatic N) is 4. The molecule has 1 atom stereocenters. The Bertz CT molecular complexity index is 1360. The summed E-state index contributed by atoms with van der Waals surface area (Å²) in [6.07, 6.45) is 6.47. The van der Waals surface area contributed by atoms with E-state index in [2.05, 4.69) is 25.1 Å². The van der Waals surface area contributed by atoms with Crippen LogP contribution in [-0.4, -0.2) is 83.8 Å². The zero-order valence-corrected chi connectivity index (χ0v) is 23.0. The molecule has 3 fully saturated rings. The van der Waals surface area contributed by atoms with Crippen molar-refractivity contribution in [1.29, 1.82) is 0 Å². The Morgan fingerprint density at radius 1 is 1.07 bits per heavy atom. The molecule has 2 aromatic carbocycles. The van der Waals surface area contributed by atoms with E-state index in [4.69, 9.17) is 25.8 Å². The smallest absolute Gasteiger partial charge is 0.307 e. The third-order valence-corrected chi connectivity index (χ3v) is 8.20. The number of ether oxygens (including phenoxy) is 3. The molecule has 6 rings (SSSR count). The number of hydrogen-bond acceptors (Lipinski definition) is 9. The Hall–Kier alpha value is -3.21. The maximum Gasteiger partial charge on any atom is 0.307 e. The average Bonchev–Trinajstić information content (AvgIpc) is 3.63.